The lowest BCUT2D eigenvalue weighted by Gasteiger charge is -2.24. The smallest absolute Gasteiger partial charge is 0.142 e. The van der Waals surface area contributed by atoms with E-state index in [-0.39, 0.29) is 16.5 Å². The summed E-state index contributed by atoms with van der Waals surface area (Å²) < 4.78 is 32.1. The van der Waals surface area contributed by atoms with Crippen molar-refractivity contribution in [3.8, 4) is 0 Å². The number of halogens is 3. The van der Waals surface area contributed by atoms with E-state index >= 15 is 0 Å². The van der Waals surface area contributed by atoms with Gasteiger partial charge in [-0.1, -0.05) is 11.6 Å². The van der Waals surface area contributed by atoms with Crippen LogP contribution in [-0.4, -0.2) is 18.3 Å². The molecular formula is C13H15ClF2O2. The molecule has 0 radical (unpaired) electrons. The minimum absolute atomic E-state index is 0.0246. The van der Waals surface area contributed by atoms with Gasteiger partial charge in [0.15, 0.2) is 0 Å². The van der Waals surface area contributed by atoms with E-state index in [4.69, 9.17) is 16.3 Å². The molecule has 0 aromatic heterocycles. The quantitative estimate of drug-likeness (QED) is 0.857. The van der Waals surface area contributed by atoms with Crippen molar-refractivity contribution < 1.29 is 18.6 Å². The van der Waals surface area contributed by atoms with Crippen LogP contribution in [-0.2, 0) is 4.74 Å². The van der Waals surface area contributed by atoms with Gasteiger partial charge in [0.25, 0.3) is 0 Å². The standard InChI is InChI=1S/C13H15ClF2O2/c14-10-7-11(15)9(6-12(10)16)13(17)5-8-1-3-18-4-2-8/h6-8,13,17H,1-5H2. The van der Waals surface area contributed by atoms with E-state index in [1.807, 2.05) is 0 Å². The number of ether oxygens (including phenoxy) is 1. The van der Waals surface area contributed by atoms with Gasteiger partial charge in [-0.25, -0.2) is 8.78 Å². The maximum absolute atomic E-state index is 13.6. The first kappa shape index (κ1) is 13.7. The van der Waals surface area contributed by atoms with Crippen molar-refractivity contribution in [2.75, 3.05) is 13.2 Å². The Morgan fingerprint density at radius 3 is 2.61 bits per heavy atom. The van der Waals surface area contributed by atoms with Crippen LogP contribution >= 0.6 is 11.6 Å². The lowest BCUT2D eigenvalue weighted by Crippen LogP contribution is -2.18. The van der Waals surface area contributed by atoms with Crippen LogP contribution in [0.2, 0.25) is 5.02 Å². The van der Waals surface area contributed by atoms with Crippen LogP contribution in [0.1, 0.15) is 30.9 Å². The fourth-order valence-electron chi connectivity index (χ4n) is 2.22. The summed E-state index contributed by atoms with van der Waals surface area (Å²) in [6.07, 6.45) is 1.10. The summed E-state index contributed by atoms with van der Waals surface area (Å²) in [5.41, 5.74) is -0.0246. The Kier molecular flexibility index (Phi) is 4.54. The zero-order valence-electron chi connectivity index (χ0n) is 9.83. The van der Waals surface area contributed by atoms with Gasteiger partial charge in [-0.15, -0.1) is 0 Å². The zero-order chi connectivity index (χ0) is 13.1. The van der Waals surface area contributed by atoms with Crippen LogP contribution in [0, 0.1) is 17.6 Å². The molecular weight excluding hydrogens is 262 g/mol. The van der Waals surface area contributed by atoms with Gasteiger partial charge in [0, 0.05) is 18.8 Å². The molecule has 1 N–H and O–H groups in total. The summed E-state index contributed by atoms with van der Waals surface area (Å²) in [5.74, 6) is -1.09. The molecule has 0 aliphatic carbocycles. The first-order valence-electron chi connectivity index (χ1n) is 5.98. The topological polar surface area (TPSA) is 29.5 Å². The highest BCUT2D eigenvalue weighted by atomic mass is 35.5. The molecule has 0 spiro atoms. The molecule has 18 heavy (non-hydrogen) atoms. The molecule has 1 aliphatic rings. The number of hydrogen-bond acceptors (Lipinski definition) is 2. The molecule has 1 fully saturated rings. The maximum atomic E-state index is 13.6. The van der Waals surface area contributed by atoms with Crippen molar-refractivity contribution in [2.24, 2.45) is 5.92 Å². The van der Waals surface area contributed by atoms with Crippen molar-refractivity contribution >= 4 is 11.6 Å². The van der Waals surface area contributed by atoms with Crippen LogP contribution in [0.15, 0.2) is 12.1 Å². The van der Waals surface area contributed by atoms with Crippen LogP contribution in [0.4, 0.5) is 8.78 Å². The molecule has 0 amide bonds. The first-order valence-corrected chi connectivity index (χ1v) is 6.36. The Labute approximate surface area is 110 Å². The number of benzene rings is 1. The monoisotopic (exact) mass is 276 g/mol. The molecule has 1 heterocycles. The molecule has 1 unspecified atom stereocenters. The average molecular weight is 277 g/mol. The largest absolute Gasteiger partial charge is 0.388 e. The lowest BCUT2D eigenvalue weighted by atomic mass is 9.91. The normalized spacial score (nSPS) is 18.9. The van der Waals surface area contributed by atoms with Gasteiger partial charge >= 0.3 is 0 Å². The van der Waals surface area contributed by atoms with Gasteiger partial charge in [-0.3, -0.25) is 0 Å². The molecule has 1 aliphatic heterocycles. The summed E-state index contributed by atoms with van der Waals surface area (Å²) in [6.45, 7) is 1.32. The summed E-state index contributed by atoms with van der Waals surface area (Å²) in [4.78, 5) is 0. The lowest BCUT2D eigenvalue weighted by molar-refractivity contribution is 0.0428. The van der Waals surface area contributed by atoms with Crippen molar-refractivity contribution in [3.05, 3.63) is 34.4 Å². The van der Waals surface area contributed by atoms with Crippen LogP contribution in [0.25, 0.3) is 0 Å². The minimum atomic E-state index is -1.00. The molecule has 1 saturated heterocycles. The summed E-state index contributed by atoms with van der Waals surface area (Å²) in [7, 11) is 0. The zero-order valence-corrected chi connectivity index (χ0v) is 10.6. The van der Waals surface area contributed by atoms with Gasteiger partial charge in [0.1, 0.15) is 11.6 Å². The SMILES string of the molecule is OC(CC1CCOCC1)c1cc(F)c(Cl)cc1F. The van der Waals surface area contributed by atoms with Gasteiger partial charge in [0.2, 0.25) is 0 Å². The van der Waals surface area contributed by atoms with E-state index in [0.29, 0.717) is 19.6 Å². The highest BCUT2D eigenvalue weighted by molar-refractivity contribution is 6.30. The molecule has 5 heteroatoms. The van der Waals surface area contributed by atoms with Crippen LogP contribution < -0.4 is 0 Å². The molecule has 2 nitrogen and oxygen atoms in total. The number of aliphatic hydroxyl groups excluding tert-OH is 1. The molecule has 0 saturated carbocycles. The van der Waals surface area contributed by atoms with Crippen molar-refractivity contribution in [3.63, 3.8) is 0 Å². The van der Waals surface area contributed by atoms with E-state index < -0.39 is 17.7 Å². The minimum Gasteiger partial charge on any atom is -0.388 e. The molecule has 1 aromatic carbocycles. The Hall–Kier alpha value is -0.710. The Bertz CT molecular complexity index is 420. The molecule has 2 rings (SSSR count). The van der Waals surface area contributed by atoms with E-state index in [2.05, 4.69) is 0 Å². The van der Waals surface area contributed by atoms with Crippen molar-refractivity contribution in [2.45, 2.75) is 25.4 Å². The number of rotatable bonds is 3. The van der Waals surface area contributed by atoms with Crippen LogP contribution in [0.5, 0.6) is 0 Å². The van der Waals surface area contributed by atoms with Crippen LogP contribution in [0.3, 0.4) is 0 Å². The third kappa shape index (κ3) is 3.19. The molecule has 1 aromatic rings. The average Bonchev–Trinajstić information content (AvgIpc) is 2.35. The highest BCUT2D eigenvalue weighted by Gasteiger charge is 2.22. The number of aliphatic hydroxyl groups is 1. The molecule has 0 bridgehead atoms. The Morgan fingerprint density at radius 1 is 1.28 bits per heavy atom. The fraction of sp³-hybridized carbons (Fsp3) is 0.538. The number of hydrogen-bond donors (Lipinski definition) is 1. The second kappa shape index (κ2) is 5.95. The second-order valence-corrected chi connectivity index (χ2v) is 5.00. The predicted octanol–water partition coefficient (Wildman–Crippen LogP) is 3.47. The summed E-state index contributed by atoms with van der Waals surface area (Å²) >= 11 is 5.47. The van der Waals surface area contributed by atoms with Gasteiger partial charge in [0.05, 0.1) is 11.1 Å². The maximum Gasteiger partial charge on any atom is 0.142 e. The summed E-state index contributed by atoms with van der Waals surface area (Å²) in [5, 5.41) is 9.71. The van der Waals surface area contributed by atoms with Crippen molar-refractivity contribution in [1.29, 1.82) is 0 Å². The van der Waals surface area contributed by atoms with E-state index in [9.17, 15) is 13.9 Å². The molecule has 1 atom stereocenters. The predicted molar refractivity (Wildman–Crippen MR) is 64.5 cm³/mol. The molecule has 100 valence electrons. The third-order valence-electron chi connectivity index (χ3n) is 3.30. The fourth-order valence-corrected chi connectivity index (χ4v) is 2.37. The van der Waals surface area contributed by atoms with Gasteiger partial charge in [-0.05, 0) is 37.3 Å². The Morgan fingerprint density at radius 2 is 1.94 bits per heavy atom. The van der Waals surface area contributed by atoms with Gasteiger partial charge in [-0.2, -0.15) is 0 Å². The van der Waals surface area contributed by atoms with Crippen molar-refractivity contribution in [1.82, 2.24) is 0 Å². The Balaban J connectivity index is 2.08. The van der Waals surface area contributed by atoms with Gasteiger partial charge < -0.3 is 9.84 Å². The second-order valence-electron chi connectivity index (χ2n) is 4.60. The van der Waals surface area contributed by atoms with E-state index in [1.54, 1.807) is 0 Å². The van der Waals surface area contributed by atoms with E-state index in [1.165, 1.54) is 0 Å². The highest BCUT2D eigenvalue weighted by Crippen LogP contribution is 2.30. The summed E-state index contributed by atoms with van der Waals surface area (Å²) in [6, 6.07) is 1.88. The van der Waals surface area contributed by atoms with E-state index in [0.717, 1.165) is 25.0 Å². The third-order valence-corrected chi connectivity index (χ3v) is 3.59. The first-order chi connectivity index (χ1) is 8.58.